The van der Waals surface area contributed by atoms with Crippen LogP contribution in [0.2, 0.25) is 0 Å². The van der Waals surface area contributed by atoms with Crippen molar-refractivity contribution in [2.24, 2.45) is 5.41 Å². The first kappa shape index (κ1) is 25.9. The van der Waals surface area contributed by atoms with E-state index in [1.54, 1.807) is 6.07 Å². The fourth-order valence-electron chi connectivity index (χ4n) is 3.92. The van der Waals surface area contributed by atoms with Gasteiger partial charge in [0.15, 0.2) is 0 Å². The third kappa shape index (κ3) is 7.95. The molecule has 1 aromatic rings. The van der Waals surface area contributed by atoms with E-state index in [1.807, 2.05) is 6.07 Å². The molecule has 1 spiro atoms. The number of rotatable bonds is 3. The molecule has 1 N–H and O–H groups in total. The number of alkyl halides is 6. The summed E-state index contributed by atoms with van der Waals surface area (Å²) >= 11 is 0. The van der Waals surface area contributed by atoms with Crippen LogP contribution in [0.15, 0.2) is 24.3 Å². The van der Waals surface area contributed by atoms with E-state index in [0.717, 1.165) is 37.9 Å². The summed E-state index contributed by atoms with van der Waals surface area (Å²) < 4.78 is 82.2. The minimum atomic E-state index is -5.08. The fourth-order valence-corrected chi connectivity index (χ4v) is 3.92. The van der Waals surface area contributed by atoms with Gasteiger partial charge in [0.05, 0.1) is 0 Å². The maximum atomic E-state index is 13.3. The van der Waals surface area contributed by atoms with Crippen molar-refractivity contribution in [3.8, 4) is 0 Å². The molecule has 0 unspecified atom stereocenters. The van der Waals surface area contributed by atoms with Crippen molar-refractivity contribution in [3.05, 3.63) is 35.6 Å². The van der Waals surface area contributed by atoms with Crippen LogP contribution in [0.1, 0.15) is 31.2 Å². The van der Waals surface area contributed by atoms with E-state index < -0.39 is 30.6 Å². The lowest BCUT2D eigenvalue weighted by Crippen LogP contribution is -2.42. The normalized spacial score (nSPS) is 18.9. The third-order valence-electron chi connectivity index (χ3n) is 5.60. The van der Waals surface area contributed by atoms with Crippen molar-refractivity contribution in [1.29, 1.82) is 0 Å². The van der Waals surface area contributed by atoms with Crippen LogP contribution < -0.4 is 0 Å². The Balaban J connectivity index is 0.000000451. The van der Waals surface area contributed by atoms with Crippen LogP contribution in [-0.4, -0.2) is 65.3 Å². The number of halogens is 7. The Morgan fingerprint density at radius 1 is 1.00 bits per heavy atom. The number of nitrogens with zero attached hydrogens (tertiary/aromatic N) is 2. The molecule has 3 rings (SSSR count). The summed E-state index contributed by atoms with van der Waals surface area (Å²) in [5.41, 5.74) is 0.865. The topological polar surface area (TPSA) is 60.9 Å². The molecule has 12 heteroatoms. The zero-order valence-corrected chi connectivity index (χ0v) is 17.0. The van der Waals surface area contributed by atoms with E-state index in [-0.39, 0.29) is 11.2 Å². The van der Waals surface area contributed by atoms with Crippen molar-refractivity contribution < 1.29 is 45.4 Å². The van der Waals surface area contributed by atoms with Gasteiger partial charge in [-0.05, 0) is 55.5 Å². The highest BCUT2D eigenvalue weighted by molar-refractivity contribution is 5.77. The van der Waals surface area contributed by atoms with Gasteiger partial charge in [-0.3, -0.25) is 9.69 Å². The summed E-state index contributed by atoms with van der Waals surface area (Å²) in [7, 11) is 0. The molecule has 0 saturated carbocycles. The van der Waals surface area contributed by atoms with Crippen LogP contribution >= 0.6 is 0 Å². The van der Waals surface area contributed by atoms with Gasteiger partial charge >= 0.3 is 18.3 Å². The third-order valence-corrected chi connectivity index (χ3v) is 5.60. The molecule has 0 aliphatic carbocycles. The molecule has 0 radical (unpaired) electrons. The van der Waals surface area contributed by atoms with Crippen LogP contribution in [0.4, 0.5) is 30.7 Å². The molecule has 2 saturated heterocycles. The van der Waals surface area contributed by atoms with Gasteiger partial charge in [-0.25, -0.2) is 9.18 Å². The fraction of sp³-hybridized carbons (Fsp3) is 0.600. The molecule has 2 fully saturated rings. The van der Waals surface area contributed by atoms with Gasteiger partial charge in [-0.15, -0.1) is 0 Å². The van der Waals surface area contributed by atoms with E-state index in [9.17, 15) is 35.5 Å². The monoisotopic (exact) mass is 472 g/mol. The molecule has 0 atom stereocenters. The zero-order valence-electron chi connectivity index (χ0n) is 17.0. The molecule has 2 aliphatic heterocycles. The zero-order chi connectivity index (χ0) is 24.2. The van der Waals surface area contributed by atoms with Crippen LogP contribution in [-0.2, 0) is 16.1 Å². The van der Waals surface area contributed by atoms with E-state index in [1.165, 1.54) is 17.0 Å². The second-order valence-corrected chi connectivity index (χ2v) is 8.07. The first-order chi connectivity index (χ1) is 14.7. The number of amides is 1. The minimum Gasteiger partial charge on any atom is -0.475 e. The maximum Gasteiger partial charge on any atom is 0.490 e. The van der Waals surface area contributed by atoms with Gasteiger partial charge in [0.1, 0.15) is 12.2 Å². The summed E-state index contributed by atoms with van der Waals surface area (Å²) in [5, 5.41) is 7.12. The molecular formula is C20H23F7N2O3. The number of hydrogen-bond donors (Lipinski definition) is 1. The Morgan fingerprint density at radius 3 is 2.06 bits per heavy atom. The number of piperidine rings is 1. The summed E-state index contributed by atoms with van der Waals surface area (Å²) in [6, 6.07) is 6.52. The standard InChI is InChI=1S/C18H22F4N2O.C2HF3O2/c19-15-3-1-2-14(10-15)12-23-7-4-17(5-8-23)6-9-24(13-17)16(25)11-18(20,21)22;3-2(4,5)1(6)7/h1-3,10H,4-9,11-13H2;(H,6,7). The summed E-state index contributed by atoms with van der Waals surface area (Å²) in [5.74, 6) is -3.82. The summed E-state index contributed by atoms with van der Waals surface area (Å²) in [4.78, 5) is 24.3. The van der Waals surface area contributed by atoms with Crippen LogP contribution in [0.3, 0.4) is 0 Å². The molecule has 1 amide bonds. The van der Waals surface area contributed by atoms with Crippen molar-refractivity contribution >= 4 is 11.9 Å². The Bertz CT molecular complexity index is 803. The number of carboxylic acid groups (broad SMARTS) is 1. The first-order valence-electron chi connectivity index (χ1n) is 9.81. The predicted molar refractivity (Wildman–Crippen MR) is 98.9 cm³/mol. The second-order valence-electron chi connectivity index (χ2n) is 8.07. The average Bonchev–Trinajstić information content (AvgIpc) is 3.06. The quantitative estimate of drug-likeness (QED) is 0.670. The molecule has 2 heterocycles. The van der Waals surface area contributed by atoms with Gasteiger partial charge < -0.3 is 10.0 Å². The van der Waals surface area contributed by atoms with Crippen molar-refractivity contribution in [3.63, 3.8) is 0 Å². The molecule has 5 nitrogen and oxygen atoms in total. The van der Waals surface area contributed by atoms with Crippen LogP contribution in [0.25, 0.3) is 0 Å². The number of likely N-dealkylation sites (tertiary alicyclic amines) is 2. The predicted octanol–water partition coefficient (Wildman–Crippen LogP) is 4.23. The largest absolute Gasteiger partial charge is 0.490 e. The molecule has 180 valence electrons. The Hall–Kier alpha value is -2.37. The number of hydrogen-bond acceptors (Lipinski definition) is 3. The smallest absolute Gasteiger partial charge is 0.475 e. The first-order valence-corrected chi connectivity index (χ1v) is 9.81. The molecular weight excluding hydrogens is 449 g/mol. The second kappa shape index (κ2) is 10.1. The SMILES string of the molecule is O=C(CC(F)(F)F)N1CCC2(CCN(Cc3cccc(F)c3)CC2)C1.O=C(O)C(F)(F)F. The molecule has 2 aliphatic rings. The van der Waals surface area contributed by atoms with E-state index in [0.29, 0.717) is 19.6 Å². The van der Waals surface area contributed by atoms with Crippen molar-refractivity contribution in [1.82, 2.24) is 9.80 Å². The van der Waals surface area contributed by atoms with Gasteiger partial charge in [-0.1, -0.05) is 12.1 Å². The van der Waals surface area contributed by atoms with E-state index >= 15 is 0 Å². The number of aliphatic carboxylic acids is 1. The van der Waals surface area contributed by atoms with Crippen molar-refractivity contribution in [2.45, 2.75) is 44.6 Å². The number of carbonyl (C=O) groups excluding carboxylic acids is 1. The summed E-state index contributed by atoms with van der Waals surface area (Å²) in [6.07, 6.45) is -8.41. The van der Waals surface area contributed by atoms with E-state index in [2.05, 4.69) is 4.90 Å². The van der Waals surface area contributed by atoms with Gasteiger partial charge in [-0.2, -0.15) is 26.3 Å². The molecule has 0 aromatic heterocycles. The van der Waals surface area contributed by atoms with Gasteiger partial charge in [0.2, 0.25) is 5.91 Å². The number of benzene rings is 1. The molecule has 0 bridgehead atoms. The lowest BCUT2D eigenvalue weighted by molar-refractivity contribution is -0.192. The molecule has 32 heavy (non-hydrogen) atoms. The lowest BCUT2D eigenvalue weighted by atomic mass is 9.77. The Labute approximate surface area is 179 Å². The number of carboxylic acids is 1. The maximum absolute atomic E-state index is 13.3. The van der Waals surface area contributed by atoms with Crippen LogP contribution in [0, 0.1) is 11.2 Å². The van der Waals surface area contributed by atoms with Gasteiger partial charge in [0.25, 0.3) is 0 Å². The highest BCUT2D eigenvalue weighted by Crippen LogP contribution is 2.41. The lowest BCUT2D eigenvalue weighted by Gasteiger charge is -2.39. The summed E-state index contributed by atoms with van der Waals surface area (Å²) in [6.45, 7) is 3.15. The average molecular weight is 472 g/mol. The van der Waals surface area contributed by atoms with Gasteiger partial charge in [0, 0.05) is 19.6 Å². The highest BCUT2D eigenvalue weighted by Gasteiger charge is 2.44. The minimum absolute atomic E-state index is 0.0559. The molecule has 1 aromatic carbocycles. The highest BCUT2D eigenvalue weighted by atomic mass is 19.4. The van der Waals surface area contributed by atoms with E-state index in [4.69, 9.17) is 9.90 Å². The Kier molecular flexibility index (Phi) is 8.13. The van der Waals surface area contributed by atoms with Crippen molar-refractivity contribution in [2.75, 3.05) is 26.2 Å². The van der Waals surface area contributed by atoms with Crippen LogP contribution in [0.5, 0.6) is 0 Å². The Morgan fingerprint density at radius 2 is 1.56 bits per heavy atom. The number of carbonyl (C=O) groups is 2.